The molecule has 0 aromatic heterocycles. The van der Waals surface area contributed by atoms with Gasteiger partial charge in [0.2, 0.25) is 5.91 Å². The molecule has 0 bridgehead atoms. The molecule has 1 atom stereocenters. The number of ether oxygens (including phenoxy) is 1. The summed E-state index contributed by atoms with van der Waals surface area (Å²) in [5, 5.41) is 5.23. The van der Waals surface area contributed by atoms with Gasteiger partial charge in [-0.2, -0.15) is 0 Å². The van der Waals surface area contributed by atoms with Gasteiger partial charge in [0.1, 0.15) is 5.75 Å². The number of rotatable bonds is 2. The van der Waals surface area contributed by atoms with E-state index in [0.717, 1.165) is 17.7 Å². The molecule has 0 aliphatic carbocycles. The summed E-state index contributed by atoms with van der Waals surface area (Å²) in [6.45, 7) is 0.750. The number of methoxy groups -OCH3 is 1. The Labute approximate surface area is 106 Å². The van der Waals surface area contributed by atoms with E-state index in [1.165, 1.54) is 10.9 Å². The molecule has 0 saturated carbocycles. The molecule has 1 aliphatic heterocycles. The summed E-state index contributed by atoms with van der Waals surface area (Å²) in [4.78, 5) is 11.2. The summed E-state index contributed by atoms with van der Waals surface area (Å²) in [6.07, 6.45) is 0.599. The van der Waals surface area contributed by atoms with Crippen LogP contribution in [0, 0.1) is 0 Å². The molecule has 1 aliphatic rings. The molecule has 3 heteroatoms. The van der Waals surface area contributed by atoms with E-state index in [9.17, 15) is 4.79 Å². The molecule has 1 heterocycles. The SMILES string of the molecule is COc1ccc2cc(C3CNC(=O)C3)ccc2c1. The third kappa shape index (κ3) is 1.92. The molecule has 3 rings (SSSR count). The highest BCUT2D eigenvalue weighted by atomic mass is 16.5. The fourth-order valence-corrected chi connectivity index (χ4v) is 2.46. The first-order valence-corrected chi connectivity index (χ1v) is 6.10. The summed E-state index contributed by atoms with van der Waals surface area (Å²) >= 11 is 0. The van der Waals surface area contributed by atoms with Crippen molar-refractivity contribution in [1.29, 1.82) is 0 Å². The normalized spacial score (nSPS) is 18.9. The van der Waals surface area contributed by atoms with Gasteiger partial charge in [-0.05, 0) is 28.5 Å². The van der Waals surface area contributed by atoms with Crippen molar-refractivity contribution in [3.8, 4) is 5.75 Å². The zero-order chi connectivity index (χ0) is 12.5. The van der Waals surface area contributed by atoms with Crippen molar-refractivity contribution in [2.45, 2.75) is 12.3 Å². The van der Waals surface area contributed by atoms with Crippen LogP contribution in [0.15, 0.2) is 36.4 Å². The number of carbonyl (C=O) groups excluding carboxylic acids is 1. The van der Waals surface area contributed by atoms with Crippen LogP contribution in [0.5, 0.6) is 5.75 Å². The summed E-state index contributed by atoms with van der Waals surface area (Å²) in [5.41, 5.74) is 1.23. The van der Waals surface area contributed by atoms with Crippen LogP contribution in [0.3, 0.4) is 0 Å². The Morgan fingerprint density at radius 1 is 1.17 bits per heavy atom. The average Bonchev–Trinajstić information content (AvgIpc) is 2.84. The number of benzene rings is 2. The third-order valence-electron chi connectivity index (χ3n) is 3.52. The first kappa shape index (κ1) is 11.1. The standard InChI is InChI=1S/C15H15NO2/c1-18-14-5-4-10-6-11(2-3-12(10)7-14)13-8-15(17)16-9-13/h2-7,13H,8-9H2,1H3,(H,16,17). The average molecular weight is 241 g/mol. The van der Waals surface area contributed by atoms with E-state index in [1.54, 1.807) is 7.11 Å². The number of amides is 1. The van der Waals surface area contributed by atoms with Crippen LogP contribution in [0.4, 0.5) is 0 Å². The lowest BCUT2D eigenvalue weighted by Gasteiger charge is -2.09. The molecule has 1 amide bonds. The van der Waals surface area contributed by atoms with Gasteiger partial charge < -0.3 is 10.1 Å². The first-order valence-electron chi connectivity index (χ1n) is 6.10. The van der Waals surface area contributed by atoms with Crippen LogP contribution in [-0.4, -0.2) is 19.6 Å². The van der Waals surface area contributed by atoms with Gasteiger partial charge in [0, 0.05) is 18.9 Å². The molecule has 92 valence electrons. The van der Waals surface area contributed by atoms with Crippen molar-refractivity contribution in [2.75, 3.05) is 13.7 Å². The Hall–Kier alpha value is -2.03. The lowest BCUT2D eigenvalue weighted by Crippen LogP contribution is -2.13. The molecule has 2 aromatic rings. The van der Waals surface area contributed by atoms with Crippen LogP contribution in [0.25, 0.3) is 10.8 Å². The predicted molar refractivity (Wildman–Crippen MR) is 70.9 cm³/mol. The molecule has 0 spiro atoms. The second kappa shape index (κ2) is 4.33. The van der Waals surface area contributed by atoms with E-state index in [-0.39, 0.29) is 5.91 Å². The number of hydrogen-bond acceptors (Lipinski definition) is 2. The van der Waals surface area contributed by atoms with Gasteiger partial charge in [0.15, 0.2) is 0 Å². The highest BCUT2D eigenvalue weighted by molar-refractivity contribution is 5.85. The summed E-state index contributed by atoms with van der Waals surface area (Å²) in [5.74, 6) is 1.33. The molecule has 1 saturated heterocycles. The van der Waals surface area contributed by atoms with E-state index in [2.05, 4.69) is 29.6 Å². The molecule has 3 nitrogen and oxygen atoms in total. The second-order valence-corrected chi connectivity index (χ2v) is 4.68. The van der Waals surface area contributed by atoms with Crippen molar-refractivity contribution < 1.29 is 9.53 Å². The maximum absolute atomic E-state index is 11.2. The van der Waals surface area contributed by atoms with Crippen molar-refractivity contribution in [3.63, 3.8) is 0 Å². The first-order chi connectivity index (χ1) is 8.76. The van der Waals surface area contributed by atoms with E-state index < -0.39 is 0 Å². The minimum Gasteiger partial charge on any atom is -0.497 e. The highest BCUT2D eigenvalue weighted by Gasteiger charge is 2.22. The Morgan fingerprint density at radius 3 is 2.67 bits per heavy atom. The molecule has 18 heavy (non-hydrogen) atoms. The predicted octanol–water partition coefficient (Wildman–Crippen LogP) is 2.45. The fourth-order valence-electron chi connectivity index (χ4n) is 2.46. The number of fused-ring (bicyclic) bond motifs is 1. The van der Waals surface area contributed by atoms with Crippen molar-refractivity contribution in [3.05, 3.63) is 42.0 Å². The van der Waals surface area contributed by atoms with E-state index >= 15 is 0 Å². The zero-order valence-electron chi connectivity index (χ0n) is 10.3. The topological polar surface area (TPSA) is 38.3 Å². The van der Waals surface area contributed by atoms with Crippen molar-refractivity contribution in [1.82, 2.24) is 5.32 Å². The Bertz CT molecular complexity index is 606. The Kier molecular flexibility index (Phi) is 2.67. The minimum absolute atomic E-state index is 0.148. The monoisotopic (exact) mass is 241 g/mol. The lowest BCUT2D eigenvalue weighted by atomic mass is 9.95. The summed E-state index contributed by atoms with van der Waals surface area (Å²) < 4.78 is 5.21. The molecule has 1 N–H and O–H groups in total. The highest BCUT2D eigenvalue weighted by Crippen LogP contribution is 2.28. The maximum atomic E-state index is 11.2. The van der Waals surface area contributed by atoms with Crippen LogP contribution in [-0.2, 0) is 4.79 Å². The summed E-state index contributed by atoms with van der Waals surface area (Å²) in [7, 11) is 1.67. The van der Waals surface area contributed by atoms with E-state index in [0.29, 0.717) is 12.3 Å². The second-order valence-electron chi connectivity index (χ2n) is 4.68. The van der Waals surface area contributed by atoms with Crippen LogP contribution in [0.1, 0.15) is 17.9 Å². The van der Waals surface area contributed by atoms with Gasteiger partial charge >= 0.3 is 0 Å². The van der Waals surface area contributed by atoms with Crippen molar-refractivity contribution in [2.24, 2.45) is 0 Å². The van der Waals surface area contributed by atoms with Gasteiger partial charge in [-0.1, -0.05) is 24.3 Å². The molecular formula is C15H15NO2. The number of hydrogen-bond donors (Lipinski definition) is 1. The molecule has 2 aromatic carbocycles. The van der Waals surface area contributed by atoms with Crippen LogP contribution in [0.2, 0.25) is 0 Å². The molecule has 0 radical (unpaired) electrons. The van der Waals surface area contributed by atoms with Gasteiger partial charge in [-0.15, -0.1) is 0 Å². The summed E-state index contributed by atoms with van der Waals surface area (Å²) in [6, 6.07) is 12.4. The Morgan fingerprint density at radius 2 is 1.94 bits per heavy atom. The minimum atomic E-state index is 0.148. The van der Waals surface area contributed by atoms with Gasteiger partial charge in [0.25, 0.3) is 0 Å². The van der Waals surface area contributed by atoms with Crippen LogP contribution < -0.4 is 10.1 Å². The van der Waals surface area contributed by atoms with E-state index in [4.69, 9.17) is 4.74 Å². The van der Waals surface area contributed by atoms with Gasteiger partial charge in [-0.25, -0.2) is 0 Å². The smallest absolute Gasteiger partial charge is 0.220 e. The zero-order valence-corrected chi connectivity index (χ0v) is 10.3. The Balaban J connectivity index is 1.98. The molecule has 1 fully saturated rings. The quantitative estimate of drug-likeness (QED) is 0.877. The largest absolute Gasteiger partial charge is 0.497 e. The van der Waals surface area contributed by atoms with Crippen LogP contribution >= 0.6 is 0 Å². The van der Waals surface area contributed by atoms with E-state index in [1.807, 2.05) is 12.1 Å². The third-order valence-corrected chi connectivity index (χ3v) is 3.52. The number of carbonyl (C=O) groups is 1. The lowest BCUT2D eigenvalue weighted by molar-refractivity contribution is -0.119. The molecular weight excluding hydrogens is 226 g/mol. The molecule has 1 unspecified atom stereocenters. The maximum Gasteiger partial charge on any atom is 0.220 e. The van der Waals surface area contributed by atoms with Crippen molar-refractivity contribution >= 4 is 16.7 Å². The van der Waals surface area contributed by atoms with Gasteiger partial charge in [-0.3, -0.25) is 4.79 Å². The number of nitrogens with one attached hydrogen (secondary N) is 1. The van der Waals surface area contributed by atoms with Gasteiger partial charge in [0.05, 0.1) is 7.11 Å². The fraction of sp³-hybridized carbons (Fsp3) is 0.267.